The molecule has 0 aliphatic carbocycles. The van der Waals surface area contributed by atoms with Crippen molar-refractivity contribution in [3.8, 4) is 11.5 Å². The number of hydrogen-bond donors (Lipinski definition) is 1. The summed E-state index contributed by atoms with van der Waals surface area (Å²) in [4.78, 5) is 38.5. The van der Waals surface area contributed by atoms with Crippen LogP contribution in [0.3, 0.4) is 0 Å². The topological polar surface area (TPSA) is 94.2 Å². The predicted octanol–water partition coefficient (Wildman–Crippen LogP) is 4.54. The van der Waals surface area contributed by atoms with Crippen LogP contribution in [0.1, 0.15) is 12.5 Å². The van der Waals surface area contributed by atoms with Crippen molar-refractivity contribution >= 4 is 86.0 Å². The third kappa shape index (κ3) is 5.52. The number of methoxy groups -OCH3 is 1. The third-order valence-electron chi connectivity index (χ3n) is 4.51. The maximum atomic E-state index is 13.3. The molecule has 1 heterocycles. The van der Waals surface area contributed by atoms with E-state index in [2.05, 4.69) is 26.0 Å². The lowest BCUT2D eigenvalue weighted by molar-refractivity contribution is -0.143. The van der Waals surface area contributed by atoms with Crippen LogP contribution < -0.4 is 19.7 Å². The minimum Gasteiger partial charge on any atom is -0.490 e. The molecule has 2 amide bonds. The van der Waals surface area contributed by atoms with Crippen molar-refractivity contribution in [1.29, 1.82) is 0 Å². The van der Waals surface area contributed by atoms with Crippen LogP contribution in [0.2, 0.25) is 10.0 Å². The van der Waals surface area contributed by atoms with Crippen LogP contribution in [0.25, 0.3) is 6.08 Å². The lowest BCUT2D eigenvalue weighted by Gasteiger charge is -2.29. The molecule has 0 atom stereocenters. The average molecular weight is 588 g/mol. The van der Waals surface area contributed by atoms with E-state index in [0.717, 1.165) is 4.90 Å². The van der Waals surface area contributed by atoms with Crippen molar-refractivity contribution in [3.63, 3.8) is 0 Å². The van der Waals surface area contributed by atoms with Gasteiger partial charge in [-0.05, 0) is 55.0 Å². The minimum atomic E-state index is -0.686. The van der Waals surface area contributed by atoms with Gasteiger partial charge in [0, 0.05) is 4.47 Å². The highest BCUT2D eigenvalue weighted by atomic mass is 79.9. The Morgan fingerprint density at radius 2 is 1.91 bits per heavy atom. The zero-order valence-electron chi connectivity index (χ0n) is 17.8. The van der Waals surface area contributed by atoms with Gasteiger partial charge in [0.05, 0.1) is 29.4 Å². The number of hydrogen-bond acceptors (Lipinski definition) is 7. The molecule has 0 bridgehead atoms. The molecule has 3 rings (SSSR count). The van der Waals surface area contributed by atoms with E-state index < -0.39 is 17.8 Å². The minimum absolute atomic E-state index is 0.113. The van der Waals surface area contributed by atoms with Gasteiger partial charge in [-0.1, -0.05) is 45.2 Å². The van der Waals surface area contributed by atoms with Crippen LogP contribution in [0.15, 0.2) is 40.4 Å². The number of benzene rings is 2. The molecule has 1 aliphatic rings. The van der Waals surface area contributed by atoms with Crippen LogP contribution in [0.4, 0.5) is 5.69 Å². The first kappa shape index (κ1) is 26.0. The second-order valence-electron chi connectivity index (χ2n) is 6.65. The Kier molecular flexibility index (Phi) is 8.53. The van der Waals surface area contributed by atoms with Crippen molar-refractivity contribution in [3.05, 3.63) is 56.0 Å². The number of esters is 1. The van der Waals surface area contributed by atoms with Crippen molar-refractivity contribution in [1.82, 2.24) is 5.32 Å². The first-order valence-corrected chi connectivity index (χ1v) is 11.6. The first-order valence-electron chi connectivity index (χ1n) is 9.69. The second kappa shape index (κ2) is 11.2. The number of nitrogens with one attached hydrogen (secondary N) is 1. The van der Waals surface area contributed by atoms with E-state index in [1.807, 2.05) is 0 Å². The number of ether oxygens (including phenoxy) is 3. The number of anilines is 1. The van der Waals surface area contributed by atoms with Gasteiger partial charge in [-0.3, -0.25) is 19.8 Å². The Balaban J connectivity index is 2.03. The fourth-order valence-corrected chi connectivity index (χ4v) is 4.03. The summed E-state index contributed by atoms with van der Waals surface area (Å²) in [5.74, 6) is -1.36. The summed E-state index contributed by atoms with van der Waals surface area (Å²) >= 11 is 21.0. The van der Waals surface area contributed by atoms with Gasteiger partial charge in [-0.2, -0.15) is 0 Å². The Labute approximate surface area is 218 Å². The number of thiocarbonyl (C=S) groups is 1. The van der Waals surface area contributed by atoms with E-state index >= 15 is 0 Å². The number of rotatable bonds is 7. The molecule has 1 aliphatic heterocycles. The molecule has 1 fully saturated rings. The van der Waals surface area contributed by atoms with Crippen LogP contribution in [0.5, 0.6) is 11.5 Å². The van der Waals surface area contributed by atoms with Gasteiger partial charge in [-0.15, -0.1) is 0 Å². The zero-order valence-corrected chi connectivity index (χ0v) is 21.7. The van der Waals surface area contributed by atoms with E-state index in [1.54, 1.807) is 37.3 Å². The summed E-state index contributed by atoms with van der Waals surface area (Å²) in [6.45, 7) is 1.76. The summed E-state index contributed by atoms with van der Waals surface area (Å²) in [6, 6.07) is 7.86. The highest BCUT2D eigenvalue weighted by Gasteiger charge is 2.36. The standard InChI is InChI=1S/C22H17BrCl2N2O6S/c1-3-32-16-8-11(13(23)9-17(16)33-10-18(28)31-2)7-12-20(29)26-22(34)27(21(12)30)15-6-4-5-14(24)19(15)25/h4-9H,3,10H2,1-2H3,(H,26,29,34)/b12-7+. The maximum absolute atomic E-state index is 13.3. The Morgan fingerprint density at radius 3 is 2.59 bits per heavy atom. The van der Waals surface area contributed by atoms with E-state index in [1.165, 1.54) is 13.2 Å². The smallest absolute Gasteiger partial charge is 0.343 e. The molecule has 0 spiro atoms. The molecule has 1 saturated heterocycles. The average Bonchev–Trinajstić information content (AvgIpc) is 2.79. The lowest BCUT2D eigenvalue weighted by atomic mass is 10.1. The van der Waals surface area contributed by atoms with Crippen molar-refractivity contribution < 1.29 is 28.6 Å². The monoisotopic (exact) mass is 586 g/mol. The summed E-state index contributed by atoms with van der Waals surface area (Å²) in [5, 5.41) is 2.70. The number of carbonyl (C=O) groups is 3. The fourth-order valence-electron chi connectivity index (χ4n) is 2.94. The van der Waals surface area contributed by atoms with Crippen molar-refractivity contribution in [2.24, 2.45) is 0 Å². The summed E-state index contributed by atoms with van der Waals surface area (Å²) < 4.78 is 16.1. The second-order valence-corrected chi connectivity index (χ2v) is 8.68. The van der Waals surface area contributed by atoms with Crippen LogP contribution >= 0.6 is 51.3 Å². The van der Waals surface area contributed by atoms with Gasteiger partial charge in [0.25, 0.3) is 11.8 Å². The number of nitrogens with zero attached hydrogens (tertiary/aromatic N) is 1. The number of amides is 2. The molecular weight excluding hydrogens is 571 g/mol. The van der Waals surface area contributed by atoms with Gasteiger partial charge >= 0.3 is 5.97 Å². The molecule has 1 N–H and O–H groups in total. The molecule has 0 radical (unpaired) electrons. The molecule has 2 aromatic carbocycles. The molecule has 178 valence electrons. The highest BCUT2D eigenvalue weighted by molar-refractivity contribution is 9.10. The number of carbonyl (C=O) groups excluding carboxylic acids is 3. The predicted molar refractivity (Wildman–Crippen MR) is 135 cm³/mol. The normalized spacial score (nSPS) is 14.8. The summed E-state index contributed by atoms with van der Waals surface area (Å²) in [7, 11) is 1.25. The molecule has 2 aromatic rings. The largest absolute Gasteiger partial charge is 0.490 e. The van der Waals surface area contributed by atoms with Crippen LogP contribution in [-0.2, 0) is 19.1 Å². The van der Waals surface area contributed by atoms with Gasteiger partial charge in [-0.25, -0.2) is 4.79 Å². The Bertz CT molecular complexity index is 1220. The molecule has 12 heteroatoms. The zero-order chi connectivity index (χ0) is 25.0. The van der Waals surface area contributed by atoms with Crippen molar-refractivity contribution in [2.45, 2.75) is 6.92 Å². The molecule has 0 aromatic heterocycles. The molecule has 0 saturated carbocycles. The Hall–Kier alpha value is -2.66. The van der Waals surface area contributed by atoms with Crippen LogP contribution in [0, 0.1) is 0 Å². The Morgan fingerprint density at radius 1 is 1.21 bits per heavy atom. The highest BCUT2D eigenvalue weighted by Crippen LogP contribution is 2.37. The van der Waals surface area contributed by atoms with E-state index in [4.69, 9.17) is 44.9 Å². The maximum Gasteiger partial charge on any atom is 0.343 e. The SMILES string of the molecule is CCOc1cc(/C=C2\C(=O)NC(=S)N(c3cccc(Cl)c3Cl)C2=O)c(Br)cc1OCC(=O)OC. The third-order valence-corrected chi connectivity index (χ3v) is 6.29. The summed E-state index contributed by atoms with van der Waals surface area (Å²) in [6.07, 6.45) is 1.38. The molecular formula is C22H17BrCl2N2O6S. The van der Waals surface area contributed by atoms with Crippen LogP contribution in [-0.4, -0.2) is 43.2 Å². The molecule has 0 unspecified atom stereocenters. The first-order chi connectivity index (χ1) is 16.2. The number of halogens is 3. The fraction of sp³-hybridized carbons (Fsp3) is 0.182. The van der Waals surface area contributed by atoms with Gasteiger partial charge in [0.1, 0.15) is 5.57 Å². The van der Waals surface area contributed by atoms with E-state index in [0.29, 0.717) is 22.4 Å². The summed E-state index contributed by atoms with van der Waals surface area (Å²) in [5.41, 5.74) is 0.476. The molecule has 34 heavy (non-hydrogen) atoms. The van der Waals surface area contributed by atoms with Crippen molar-refractivity contribution in [2.75, 3.05) is 25.2 Å². The van der Waals surface area contributed by atoms with Gasteiger partial charge < -0.3 is 14.2 Å². The van der Waals surface area contributed by atoms with Gasteiger partial charge in [0.2, 0.25) is 0 Å². The van der Waals surface area contributed by atoms with E-state index in [-0.39, 0.29) is 38.8 Å². The quantitative estimate of drug-likeness (QED) is 0.220. The van der Waals surface area contributed by atoms with E-state index in [9.17, 15) is 14.4 Å². The molecule has 8 nitrogen and oxygen atoms in total. The van der Waals surface area contributed by atoms with Gasteiger partial charge in [0.15, 0.2) is 23.2 Å². The lowest BCUT2D eigenvalue weighted by Crippen LogP contribution is -2.54.